The number of benzene rings is 6. The van der Waals surface area contributed by atoms with Gasteiger partial charge in [0.1, 0.15) is 58.7 Å². The number of carbonyl (C=O) groups is 4. The Morgan fingerprint density at radius 1 is 0.447 bits per heavy atom. The van der Waals surface area contributed by atoms with E-state index in [2.05, 4.69) is 309 Å². The van der Waals surface area contributed by atoms with E-state index in [-0.39, 0.29) is 69.9 Å². The highest BCUT2D eigenvalue weighted by molar-refractivity contribution is 14.1. The third kappa shape index (κ3) is 40.7. The molecule has 0 bridgehead atoms. The van der Waals surface area contributed by atoms with Crippen LogP contribution in [0.1, 0.15) is 152 Å². The number of aromatic nitrogens is 12. The Morgan fingerprint density at radius 2 is 0.794 bits per heavy atom. The van der Waals surface area contributed by atoms with E-state index < -0.39 is 17.2 Å². The van der Waals surface area contributed by atoms with Crippen LogP contribution in [0.25, 0.3) is 66.3 Å². The van der Waals surface area contributed by atoms with Crippen LogP contribution in [0.3, 0.4) is 0 Å². The van der Waals surface area contributed by atoms with Crippen LogP contribution in [0.15, 0.2) is 151 Å². The largest absolute Gasteiger partial charge is 0.478 e. The Balaban J connectivity index is 0.000000291. The van der Waals surface area contributed by atoms with Gasteiger partial charge in [0.15, 0.2) is 0 Å². The molecule has 28 nitrogen and oxygen atoms in total. The zero-order chi connectivity index (χ0) is 104. The predicted octanol–water partition coefficient (Wildman–Crippen LogP) is 15.9. The van der Waals surface area contributed by atoms with Gasteiger partial charge in [-0.15, -0.1) is 0 Å². The minimum Gasteiger partial charge on any atom is -0.478 e. The summed E-state index contributed by atoms with van der Waals surface area (Å²) in [5.41, 5.74) is 20.7. The molecule has 0 saturated carbocycles. The number of carboxylic acids is 1. The fourth-order valence-corrected chi connectivity index (χ4v) is 24.2. The molecule has 0 atom stereocenters. The number of aromatic carboxylic acids is 1. The number of carboxylic acid groups (broad SMARTS) is 1. The molecule has 6 aromatic heterocycles. The first-order chi connectivity index (χ1) is 66.7. The number of ether oxygens (including phenoxy) is 3. The van der Waals surface area contributed by atoms with E-state index in [1.54, 1.807) is 72.0 Å². The zero-order valence-corrected chi connectivity index (χ0v) is 104. The number of esters is 3. The minimum absolute atomic E-state index is 0. The number of hydrogen-bond donors (Lipinski definition) is 4. The van der Waals surface area contributed by atoms with E-state index in [4.69, 9.17) is 14.6 Å². The quantitative estimate of drug-likeness (QED) is 0.0421. The first kappa shape index (κ1) is 126. The molecular formula is C87H88Br2I3N17O11S21. The van der Waals surface area contributed by atoms with Gasteiger partial charge < -0.3 is 39.5 Å². The molecule has 12 aromatic rings. The van der Waals surface area contributed by atoms with E-state index in [9.17, 15) is 34.5 Å². The van der Waals surface area contributed by atoms with Crippen LogP contribution < -0.4 is 0 Å². The second-order valence-electron chi connectivity index (χ2n) is 30.8. The van der Waals surface area contributed by atoms with Crippen molar-refractivity contribution in [3.63, 3.8) is 0 Å². The lowest BCUT2D eigenvalue weighted by Gasteiger charge is -2.19. The van der Waals surface area contributed by atoms with E-state index in [1.165, 1.54) is 98.2 Å². The summed E-state index contributed by atoms with van der Waals surface area (Å²) in [6.45, 7) is 21.8. The SMILES string of the molecule is COC(=O)c1cc2c(cc1Br)C=NC2.Cc1ncc(-c2cc3c(I)nn(CC(=O)OC(C)(C)C)c3cc2CN(C)C)cn1.Cc1ncc(-c2cc3c(I)nn(CC(=O)OC(C)(C)C)c3cc2CO)cn1.Cc1ncc(-c2cc3c(cc2C(=O)O)CN=C3)cn1.Cc1ncc(-c2cc3c(cc2CO)CN=C3I)cn1.OCc1cc2c(cc1Br)C=NC2.S.S=S.S=S=S.S=S=S=S.S=S=S=S=S.S=S=S=S=S=S. The third-order valence-corrected chi connectivity index (χ3v) is 35.9. The fourth-order valence-electron chi connectivity index (χ4n) is 12.9. The molecule has 748 valence electrons. The van der Waals surface area contributed by atoms with Crippen LogP contribution in [0.5, 0.6) is 0 Å². The monoisotopic (exact) mass is 2760 g/mol. The Kier molecular flexibility index (Phi) is 58.2. The van der Waals surface area contributed by atoms with E-state index in [0.29, 0.717) is 48.0 Å². The van der Waals surface area contributed by atoms with Gasteiger partial charge in [-0.25, -0.2) is 49.5 Å². The molecule has 54 heteroatoms. The van der Waals surface area contributed by atoms with Crippen molar-refractivity contribution in [1.29, 1.82) is 0 Å². The second-order valence-corrected chi connectivity index (χ2v) is 53.3. The number of fused-ring (bicyclic) bond motifs is 6. The van der Waals surface area contributed by atoms with Gasteiger partial charge in [-0.3, -0.25) is 38.9 Å². The number of aliphatic imine (C=N–C) groups is 4. The lowest BCUT2D eigenvalue weighted by atomic mass is 9.96. The zero-order valence-electron chi connectivity index (χ0n) is 76.7. The van der Waals surface area contributed by atoms with Crippen molar-refractivity contribution in [3.05, 3.63) is 240 Å². The van der Waals surface area contributed by atoms with Crippen LogP contribution in [-0.2, 0) is 290 Å². The average molecular weight is 2760 g/mol. The number of hydrogen-bond acceptors (Lipinski definition) is 35. The van der Waals surface area contributed by atoms with E-state index in [0.717, 1.165) is 165 Å². The number of rotatable bonds is 15. The maximum atomic E-state index is 12.4. The molecule has 141 heavy (non-hydrogen) atoms. The standard InChI is InChI=1S/C21H26IN5O2.C19H21IN4O3.C14H12IN3O.C14H11N3O2.C10H8BrNO2.C9H8BrNO.S6.S5.S4.S3.S2.H2S/c1-13-23-9-15(10-24-13)16-8-17-18(7-14(16)11-26(5)6)27(25-20(17)22)12-19(28)29-21(2,3)4;1-11-21-7-13(8-22-11)14-6-15-16(5-12(14)10-25)24(23-18(15)20)9-17(26)27-19(2,3)4;1-8-16-5-11(6-17-8)12-3-13-9(2-10(12)7-19)4-18-14(13)15;1-8-16-6-11(7-17-8)12-2-9-4-15-5-10(9)3-13(12)14(18)19;1-14-10(13)8-2-6-4-12-5-7(6)3-9(8)11;10-9-2-7-4-11-3-6(7)1-8(9)5-12;1-3-5-6-4-2;1-3-5-4-2;1-3-4-2;1-3-2;1-2;/h7-10H,11-12H2,1-6H3;5-8,25H,9-10H2,1-4H3;2-3,5-6,19H,4,7H2,1H3;2-4,6-7H,5H2,1H3,(H,18,19);2-3,5H,4H2,1H3;1-2,4,12H,3,5H2;;;;;;1H2. The molecule has 0 fully saturated rings. The minimum atomic E-state index is -0.953. The average Bonchev–Trinajstić information content (AvgIpc) is 1.66. The van der Waals surface area contributed by atoms with Crippen LogP contribution >= 0.6 is 113 Å². The Bertz CT molecular complexity index is 7060. The number of aliphatic hydroxyl groups excluding tert-OH is 3. The highest BCUT2D eigenvalue weighted by atomic mass is 127. The summed E-state index contributed by atoms with van der Waals surface area (Å²) in [5.74, 6) is 0.883. The third-order valence-electron chi connectivity index (χ3n) is 18.7. The van der Waals surface area contributed by atoms with Crippen molar-refractivity contribution in [1.82, 2.24) is 64.3 Å². The number of halogens is 5. The lowest BCUT2D eigenvalue weighted by molar-refractivity contribution is -0.156. The number of nitrogens with zero attached hydrogens (tertiary/aromatic N) is 17. The molecular weight excluding hydrogens is 2670 g/mol. The smallest absolute Gasteiger partial charge is 0.339 e. The molecule has 4 aliphatic rings. The summed E-state index contributed by atoms with van der Waals surface area (Å²) in [7, 11) is 18.3. The van der Waals surface area contributed by atoms with Crippen LogP contribution in [0, 0.1) is 35.1 Å². The molecule has 16 rings (SSSR count). The number of methoxy groups -OCH3 is 1. The summed E-state index contributed by atoms with van der Waals surface area (Å²) >= 11 is 55.5. The maximum absolute atomic E-state index is 12.4. The van der Waals surface area contributed by atoms with Crippen molar-refractivity contribution in [2.75, 3.05) is 21.2 Å². The van der Waals surface area contributed by atoms with E-state index >= 15 is 0 Å². The number of carbonyl (C=O) groups excluding carboxylic acids is 3. The van der Waals surface area contributed by atoms with Crippen molar-refractivity contribution >= 4 is 382 Å². The highest BCUT2D eigenvalue weighted by Gasteiger charge is 2.26. The lowest BCUT2D eigenvalue weighted by Crippen LogP contribution is -2.26. The molecule has 0 amide bonds. The molecule has 0 unspecified atom stereocenters. The summed E-state index contributed by atoms with van der Waals surface area (Å²) in [5, 5.41) is 48.7. The van der Waals surface area contributed by atoms with Crippen molar-refractivity contribution in [2.45, 2.75) is 146 Å². The molecule has 6 aromatic carbocycles. The number of aryl methyl sites for hydroxylation is 4. The molecule has 0 saturated heterocycles. The van der Waals surface area contributed by atoms with E-state index in [1.807, 2.05) is 144 Å². The van der Waals surface area contributed by atoms with Crippen LogP contribution in [0.4, 0.5) is 0 Å². The molecule has 0 aliphatic carbocycles. The van der Waals surface area contributed by atoms with Gasteiger partial charge in [0.2, 0.25) is 0 Å². The van der Waals surface area contributed by atoms with Crippen LogP contribution in [-0.4, -0.2) is 163 Å². The van der Waals surface area contributed by atoms with Gasteiger partial charge in [-0.1, -0.05) is 22.0 Å². The predicted molar refractivity (Wildman–Crippen MR) is 650 cm³/mol. The van der Waals surface area contributed by atoms with Crippen LogP contribution in [0.2, 0.25) is 0 Å². The van der Waals surface area contributed by atoms with Crippen molar-refractivity contribution in [2.24, 2.45) is 20.0 Å². The normalized spacial score (nSPS) is 11.3. The van der Waals surface area contributed by atoms with Crippen molar-refractivity contribution < 1.29 is 53.8 Å². The van der Waals surface area contributed by atoms with Gasteiger partial charge in [0.05, 0.1) is 75.3 Å². The Morgan fingerprint density at radius 3 is 1.16 bits per heavy atom. The topological polar surface area (TPSA) is 368 Å². The van der Waals surface area contributed by atoms with Gasteiger partial charge >= 0.3 is 23.9 Å². The van der Waals surface area contributed by atoms with Gasteiger partial charge in [-0.2, -0.15) is 23.7 Å². The summed E-state index contributed by atoms with van der Waals surface area (Å²) in [6.07, 6.45) is 19.5. The van der Waals surface area contributed by atoms with Gasteiger partial charge in [-0.05, 0) is 317 Å². The molecule has 4 aliphatic heterocycles. The first-order valence-corrected chi connectivity index (χ1v) is 64.8. The Labute approximate surface area is 958 Å². The molecule has 4 N–H and O–H groups in total. The number of aliphatic hydroxyl groups is 3. The molecule has 0 radical (unpaired) electrons. The Hall–Kier alpha value is -5.12. The second kappa shape index (κ2) is 65.0. The van der Waals surface area contributed by atoms with Gasteiger partial charge in [0, 0.05) is 323 Å². The van der Waals surface area contributed by atoms with Gasteiger partial charge in [0.25, 0.3) is 0 Å². The van der Waals surface area contributed by atoms with Crippen molar-refractivity contribution in [3.8, 4) is 44.5 Å². The highest BCUT2D eigenvalue weighted by Crippen LogP contribution is 2.37. The molecule has 10 heterocycles. The maximum Gasteiger partial charge on any atom is 0.339 e. The summed E-state index contributed by atoms with van der Waals surface area (Å²) in [4.78, 5) is 100. The summed E-state index contributed by atoms with van der Waals surface area (Å²) < 4.78 is 23.2. The summed E-state index contributed by atoms with van der Waals surface area (Å²) in [6, 6.07) is 23.3. The fraction of sp³-hybridized carbons (Fsp3) is 0.287. The molecule has 0 spiro atoms. The first-order valence-electron chi connectivity index (χ1n) is 40.0.